The molecule has 0 saturated carbocycles. The Balaban J connectivity index is 1.43. The van der Waals surface area contributed by atoms with Crippen molar-refractivity contribution in [2.45, 2.75) is 0 Å². The Morgan fingerprint density at radius 2 is 1.77 bits per heavy atom. The Labute approximate surface area is 151 Å². The number of nitrogens with one attached hydrogen (secondary N) is 1. The van der Waals surface area contributed by atoms with Crippen molar-refractivity contribution in [2.24, 2.45) is 5.10 Å². The number of hydrazone groups is 1. The lowest BCUT2D eigenvalue weighted by atomic mass is 10.1. The monoisotopic (exact) mass is 346 g/mol. The number of benzene rings is 2. The van der Waals surface area contributed by atoms with Gasteiger partial charge in [-0.2, -0.15) is 5.10 Å². The second-order valence-corrected chi connectivity index (χ2v) is 5.37. The van der Waals surface area contributed by atoms with Crippen LogP contribution < -0.4 is 10.2 Å². The summed E-state index contributed by atoms with van der Waals surface area (Å²) in [6, 6.07) is 21.3. The van der Waals surface area contributed by atoms with Gasteiger partial charge >= 0.3 is 0 Å². The Hall–Kier alpha value is -3.60. The maximum Gasteiger partial charge on any atom is 0.277 e. The molecule has 3 aromatic rings. The second-order valence-electron chi connectivity index (χ2n) is 5.37. The molecule has 2 aromatic carbocycles. The highest BCUT2D eigenvalue weighted by Gasteiger charge is 2.02. The van der Waals surface area contributed by atoms with Crippen LogP contribution in [0.4, 0.5) is 0 Å². The van der Waals surface area contributed by atoms with Crippen molar-refractivity contribution in [1.29, 1.82) is 0 Å². The number of amides is 1. The number of furan rings is 1. The van der Waals surface area contributed by atoms with Gasteiger partial charge in [0.2, 0.25) is 0 Å². The van der Waals surface area contributed by atoms with E-state index in [1.165, 1.54) is 6.21 Å². The molecule has 5 heteroatoms. The molecule has 0 spiro atoms. The van der Waals surface area contributed by atoms with E-state index in [0.29, 0.717) is 11.5 Å². The van der Waals surface area contributed by atoms with Crippen LogP contribution in [0.5, 0.6) is 5.75 Å². The lowest BCUT2D eigenvalue weighted by Gasteiger charge is -2.06. The number of hydrogen-bond donors (Lipinski definition) is 1. The minimum atomic E-state index is -0.334. The van der Waals surface area contributed by atoms with Crippen LogP contribution in [0, 0.1) is 0 Å². The van der Waals surface area contributed by atoms with Crippen molar-refractivity contribution in [3.8, 4) is 16.9 Å². The van der Waals surface area contributed by atoms with Gasteiger partial charge in [-0.25, -0.2) is 5.43 Å². The molecule has 0 unspecified atom stereocenters. The molecular weight excluding hydrogens is 328 g/mol. The fraction of sp³-hybridized carbons (Fsp3) is 0.0476. The Morgan fingerprint density at radius 3 is 2.50 bits per heavy atom. The van der Waals surface area contributed by atoms with Crippen LogP contribution in [0.2, 0.25) is 0 Å². The van der Waals surface area contributed by atoms with E-state index in [9.17, 15) is 4.79 Å². The van der Waals surface area contributed by atoms with E-state index in [4.69, 9.17) is 9.15 Å². The highest BCUT2D eigenvalue weighted by molar-refractivity contribution is 5.81. The topological polar surface area (TPSA) is 63.8 Å². The number of ether oxygens (including phenoxy) is 1. The number of rotatable bonds is 7. The quantitative estimate of drug-likeness (QED) is 0.516. The average Bonchev–Trinajstić information content (AvgIpc) is 3.21. The molecule has 0 aliphatic rings. The van der Waals surface area contributed by atoms with Gasteiger partial charge in [0.05, 0.1) is 6.26 Å². The molecule has 0 radical (unpaired) electrons. The first-order chi connectivity index (χ1) is 12.8. The van der Waals surface area contributed by atoms with E-state index in [-0.39, 0.29) is 12.5 Å². The molecule has 1 aromatic heterocycles. The third-order valence-electron chi connectivity index (χ3n) is 3.48. The van der Waals surface area contributed by atoms with Crippen LogP contribution in [-0.4, -0.2) is 18.7 Å². The number of carbonyl (C=O) groups is 1. The molecule has 0 saturated heterocycles. The van der Waals surface area contributed by atoms with Gasteiger partial charge in [-0.05, 0) is 47.5 Å². The lowest BCUT2D eigenvalue weighted by molar-refractivity contribution is -0.123. The van der Waals surface area contributed by atoms with Crippen LogP contribution in [0.15, 0.2) is 88.6 Å². The molecule has 130 valence electrons. The van der Waals surface area contributed by atoms with Gasteiger partial charge in [-0.1, -0.05) is 42.5 Å². The molecule has 5 nitrogen and oxygen atoms in total. The number of allylic oxidation sites excluding steroid dienone is 1. The van der Waals surface area contributed by atoms with Gasteiger partial charge in [0, 0.05) is 6.21 Å². The zero-order valence-corrected chi connectivity index (χ0v) is 14.0. The van der Waals surface area contributed by atoms with Crippen molar-refractivity contribution >= 4 is 18.2 Å². The summed E-state index contributed by atoms with van der Waals surface area (Å²) in [5.74, 6) is 1.01. The maximum absolute atomic E-state index is 11.7. The van der Waals surface area contributed by atoms with Crippen LogP contribution in [0.1, 0.15) is 5.76 Å². The third kappa shape index (κ3) is 5.21. The van der Waals surface area contributed by atoms with Gasteiger partial charge in [-0.15, -0.1) is 0 Å². The smallest absolute Gasteiger partial charge is 0.277 e. The highest BCUT2D eigenvalue weighted by Crippen LogP contribution is 2.21. The fourth-order valence-electron chi connectivity index (χ4n) is 2.23. The predicted octanol–water partition coefficient (Wildman–Crippen LogP) is 4.14. The number of carbonyl (C=O) groups excluding carboxylic acids is 1. The molecule has 1 heterocycles. The molecule has 0 aliphatic heterocycles. The maximum atomic E-state index is 11.7. The lowest BCUT2D eigenvalue weighted by Crippen LogP contribution is -2.24. The molecular formula is C21H18N2O3. The molecule has 0 aliphatic carbocycles. The van der Waals surface area contributed by atoms with E-state index in [2.05, 4.69) is 10.5 Å². The molecule has 0 fully saturated rings. The third-order valence-corrected chi connectivity index (χ3v) is 3.48. The first-order valence-corrected chi connectivity index (χ1v) is 8.11. The van der Waals surface area contributed by atoms with E-state index < -0.39 is 0 Å². The van der Waals surface area contributed by atoms with Crippen molar-refractivity contribution < 1.29 is 13.9 Å². The summed E-state index contributed by atoms with van der Waals surface area (Å²) in [6.07, 6.45) is 6.46. The second kappa shape index (κ2) is 9.03. The fourth-order valence-corrected chi connectivity index (χ4v) is 2.23. The summed E-state index contributed by atoms with van der Waals surface area (Å²) in [7, 11) is 0. The predicted molar refractivity (Wildman–Crippen MR) is 102 cm³/mol. The van der Waals surface area contributed by atoms with E-state index in [0.717, 1.165) is 11.1 Å². The molecule has 26 heavy (non-hydrogen) atoms. The van der Waals surface area contributed by atoms with Crippen molar-refractivity contribution in [2.75, 3.05) is 6.61 Å². The van der Waals surface area contributed by atoms with Crippen LogP contribution >= 0.6 is 0 Å². The summed E-state index contributed by atoms with van der Waals surface area (Å²) in [5, 5.41) is 3.80. The van der Waals surface area contributed by atoms with Gasteiger partial charge in [0.15, 0.2) is 6.61 Å². The van der Waals surface area contributed by atoms with Crippen LogP contribution in [-0.2, 0) is 4.79 Å². The van der Waals surface area contributed by atoms with Gasteiger partial charge in [0.25, 0.3) is 5.91 Å². The Kier molecular flexibility index (Phi) is 5.99. The Bertz CT molecular complexity index is 867. The summed E-state index contributed by atoms with van der Waals surface area (Å²) < 4.78 is 10.6. The normalized spacial score (nSPS) is 11.1. The largest absolute Gasteiger partial charge is 0.484 e. The first-order valence-electron chi connectivity index (χ1n) is 8.11. The molecule has 3 rings (SSSR count). The molecule has 0 atom stereocenters. The SMILES string of the molecule is O=C(COc1ccc(-c2ccccc2)cc1)NN=CC=Cc1ccco1. The summed E-state index contributed by atoms with van der Waals surface area (Å²) in [6.45, 7) is -0.107. The van der Waals surface area contributed by atoms with Crippen LogP contribution in [0.3, 0.4) is 0 Å². The minimum Gasteiger partial charge on any atom is -0.484 e. The zero-order chi connectivity index (χ0) is 18.0. The van der Waals surface area contributed by atoms with Gasteiger partial charge in [0.1, 0.15) is 11.5 Å². The highest BCUT2D eigenvalue weighted by atomic mass is 16.5. The van der Waals surface area contributed by atoms with Gasteiger partial charge < -0.3 is 9.15 Å². The van der Waals surface area contributed by atoms with E-state index in [1.54, 1.807) is 24.5 Å². The molecule has 0 bridgehead atoms. The van der Waals surface area contributed by atoms with Crippen molar-refractivity contribution in [3.63, 3.8) is 0 Å². The molecule has 1 amide bonds. The Morgan fingerprint density at radius 1 is 1.00 bits per heavy atom. The summed E-state index contributed by atoms with van der Waals surface area (Å²) in [4.78, 5) is 11.7. The van der Waals surface area contributed by atoms with Gasteiger partial charge in [-0.3, -0.25) is 4.79 Å². The van der Waals surface area contributed by atoms with E-state index in [1.807, 2.05) is 60.7 Å². The summed E-state index contributed by atoms with van der Waals surface area (Å²) >= 11 is 0. The van der Waals surface area contributed by atoms with Crippen molar-refractivity contribution in [3.05, 3.63) is 84.8 Å². The van der Waals surface area contributed by atoms with E-state index >= 15 is 0 Å². The number of nitrogens with zero attached hydrogens (tertiary/aromatic N) is 1. The van der Waals surface area contributed by atoms with Crippen LogP contribution in [0.25, 0.3) is 17.2 Å². The van der Waals surface area contributed by atoms with Crippen molar-refractivity contribution in [1.82, 2.24) is 5.43 Å². The summed E-state index contributed by atoms with van der Waals surface area (Å²) in [5.41, 5.74) is 4.62. The number of hydrogen-bond acceptors (Lipinski definition) is 4. The average molecular weight is 346 g/mol. The standard InChI is InChI=1S/C21H18N2O3/c24-21(23-22-14-4-8-19-9-5-15-25-19)16-26-20-12-10-18(11-13-20)17-6-2-1-3-7-17/h1-15H,16H2,(H,23,24). The first kappa shape index (κ1) is 17.2. The zero-order valence-electron chi connectivity index (χ0n) is 14.0. The minimum absolute atomic E-state index is 0.107. The molecule has 1 N–H and O–H groups in total.